The van der Waals surface area contributed by atoms with Crippen LogP contribution < -0.4 is 5.32 Å². The fourth-order valence-corrected chi connectivity index (χ4v) is 1.64. The Balaban J connectivity index is 2.86. The van der Waals surface area contributed by atoms with Crippen molar-refractivity contribution in [1.82, 2.24) is 4.98 Å². The Labute approximate surface area is 122 Å². The number of esters is 1. The summed E-state index contributed by atoms with van der Waals surface area (Å²) < 4.78 is 5.55. The van der Waals surface area contributed by atoms with Crippen molar-refractivity contribution < 1.29 is 14.3 Å². The number of anilines is 1. The van der Waals surface area contributed by atoms with Gasteiger partial charge in [0.2, 0.25) is 5.91 Å². The van der Waals surface area contributed by atoms with Crippen LogP contribution in [0.3, 0.4) is 0 Å². The average Bonchev–Trinajstić information content (AvgIpc) is 2.37. The van der Waals surface area contributed by atoms with Gasteiger partial charge in [0.15, 0.2) is 0 Å². The molecule has 0 atom stereocenters. The van der Waals surface area contributed by atoms with Gasteiger partial charge in [0.05, 0.1) is 0 Å². The van der Waals surface area contributed by atoms with E-state index in [4.69, 9.17) is 27.9 Å². The molecule has 1 heterocycles. The Bertz CT molecular complexity index is 457. The second-order valence-electron chi connectivity index (χ2n) is 3.10. The Morgan fingerprint density at radius 1 is 1.39 bits per heavy atom. The van der Waals surface area contributed by atoms with Gasteiger partial charge in [-0.15, -0.1) is 23.2 Å². The van der Waals surface area contributed by atoms with Gasteiger partial charge < -0.3 is 10.1 Å². The normalized spacial score (nSPS) is 9.94. The van der Waals surface area contributed by atoms with Crippen molar-refractivity contribution in [3.05, 3.63) is 22.3 Å². The third-order valence-electron chi connectivity index (χ3n) is 1.86. The number of carbonyl (C=O) groups excluding carboxylic acids is 2. The lowest BCUT2D eigenvalue weighted by Crippen LogP contribution is -2.16. The first-order chi connectivity index (χ1) is 8.58. The van der Waals surface area contributed by atoms with Crippen LogP contribution in [0.1, 0.15) is 5.56 Å². The number of amides is 1. The lowest BCUT2D eigenvalue weighted by atomic mass is 10.2. The monoisotopic (exact) mass is 354 g/mol. The van der Waals surface area contributed by atoms with Crippen molar-refractivity contribution in [2.45, 2.75) is 6.61 Å². The number of carbonyl (C=O) groups is 2. The smallest absolute Gasteiger partial charge is 0.321 e. The van der Waals surface area contributed by atoms with Gasteiger partial charge in [-0.1, -0.05) is 15.9 Å². The number of nitrogens with one attached hydrogen (secondary N) is 1. The maximum Gasteiger partial charge on any atom is 0.321 e. The van der Waals surface area contributed by atoms with E-state index in [0.717, 1.165) is 0 Å². The van der Waals surface area contributed by atoms with E-state index >= 15 is 0 Å². The van der Waals surface area contributed by atoms with Crippen molar-refractivity contribution >= 4 is 56.8 Å². The van der Waals surface area contributed by atoms with Gasteiger partial charge in [-0.2, -0.15) is 0 Å². The maximum absolute atomic E-state index is 11.2. The minimum absolute atomic E-state index is 0.0438. The Morgan fingerprint density at radius 2 is 2.11 bits per heavy atom. The molecule has 1 amide bonds. The Hall–Kier alpha value is -0.850. The predicted molar refractivity (Wildman–Crippen MR) is 71.8 cm³/mol. The predicted octanol–water partition coefficient (Wildman–Crippen LogP) is 2.30. The van der Waals surface area contributed by atoms with Crippen molar-refractivity contribution in [2.24, 2.45) is 0 Å². The van der Waals surface area contributed by atoms with Gasteiger partial charge in [0.1, 0.15) is 24.2 Å². The molecule has 18 heavy (non-hydrogen) atoms. The molecule has 0 aliphatic carbocycles. The van der Waals surface area contributed by atoms with E-state index in [1.54, 1.807) is 6.07 Å². The third-order valence-corrected chi connectivity index (χ3v) is 3.07. The average molecular weight is 356 g/mol. The van der Waals surface area contributed by atoms with Crippen molar-refractivity contribution in [1.29, 1.82) is 0 Å². The van der Waals surface area contributed by atoms with E-state index < -0.39 is 11.9 Å². The van der Waals surface area contributed by atoms with E-state index in [0.29, 0.717) is 10.0 Å². The lowest BCUT2D eigenvalue weighted by Gasteiger charge is -2.11. The van der Waals surface area contributed by atoms with Crippen LogP contribution in [0.2, 0.25) is 0 Å². The minimum Gasteiger partial charge on any atom is -0.460 e. The van der Waals surface area contributed by atoms with Crippen LogP contribution in [0.5, 0.6) is 0 Å². The zero-order valence-corrected chi connectivity index (χ0v) is 12.2. The molecule has 0 radical (unpaired) electrons. The van der Waals surface area contributed by atoms with Gasteiger partial charge in [-0.05, 0) is 6.07 Å². The van der Waals surface area contributed by atoms with E-state index in [1.807, 2.05) is 0 Å². The number of hydrogen-bond acceptors (Lipinski definition) is 4. The number of hydrogen-bond donors (Lipinski definition) is 1. The molecule has 5 nitrogen and oxygen atoms in total. The largest absolute Gasteiger partial charge is 0.460 e. The molecule has 0 fully saturated rings. The summed E-state index contributed by atoms with van der Waals surface area (Å²) in [5.74, 6) is -1.08. The minimum atomic E-state index is -0.554. The summed E-state index contributed by atoms with van der Waals surface area (Å²) in [6.45, 7) is -0.0438. The first-order valence-corrected chi connectivity index (χ1v) is 6.65. The molecular formula is C10H9BrCl2N2O3. The zero-order valence-electron chi connectivity index (χ0n) is 9.08. The zero-order chi connectivity index (χ0) is 13.5. The number of ether oxygens (including phenoxy) is 1. The highest BCUT2D eigenvalue weighted by Gasteiger charge is 2.12. The highest BCUT2D eigenvalue weighted by Crippen LogP contribution is 2.23. The second kappa shape index (κ2) is 7.56. The molecule has 1 aromatic rings. The van der Waals surface area contributed by atoms with Crippen LogP contribution in [-0.4, -0.2) is 28.6 Å². The van der Waals surface area contributed by atoms with Gasteiger partial charge in [0, 0.05) is 16.2 Å². The molecule has 1 rings (SSSR count). The van der Waals surface area contributed by atoms with Crippen molar-refractivity contribution in [3.63, 3.8) is 0 Å². The Kier molecular flexibility index (Phi) is 6.38. The number of pyridine rings is 1. The van der Waals surface area contributed by atoms with E-state index in [1.165, 1.54) is 6.20 Å². The van der Waals surface area contributed by atoms with Crippen molar-refractivity contribution in [3.8, 4) is 0 Å². The summed E-state index contributed by atoms with van der Waals surface area (Å²) in [5, 5.41) is 2.51. The molecule has 0 saturated heterocycles. The molecule has 0 saturated carbocycles. The fourth-order valence-electron chi connectivity index (χ4n) is 1.07. The van der Waals surface area contributed by atoms with Crippen LogP contribution in [0, 0.1) is 0 Å². The third kappa shape index (κ3) is 4.44. The quantitative estimate of drug-likeness (QED) is 0.650. The van der Waals surface area contributed by atoms with Crippen LogP contribution in [-0.2, 0) is 20.9 Å². The summed E-state index contributed by atoms with van der Waals surface area (Å²) in [4.78, 5) is 26.2. The topological polar surface area (TPSA) is 68.3 Å². The van der Waals surface area contributed by atoms with E-state index in [-0.39, 0.29) is 24.2 Å². The van der Waals surface area contributed by atoms with Crippen LogP contribution in [0.4, 0.5) is 5.82 Å². The van der Waals surface area contributed by atoms with Gasteiger partial charge in [-0.3, -0.25) is 9.59 Å². The highest BCUT2D eigenvalue weighted by molar-refractivity contribution is 9.10. The van der Waals surface area contributed by atoms with Crippen LogP contribution in [0.25, 0.3) is 0 Å². The SMILES string of the molecule is O=C(CCl)Nc1nccc(Br)c1COC(=O)CCl. The van der Waals surface area contributed by atoms with Gasteiger partial charge in [0.25, 0.3) is 0 Å². The molecule has 98 valence electrons. The fraction of sp³-hybridized carbons (Fsp3) is 0.300. The summed E-state index contributed by atoms with van der Waals surface area (Å²) in [6.07, 6.45) is 1.50. The Morgan fingerprint density at radius 3 is 2.72 bits per heavy atom. The molecule has 0 unspecified atom stereocenters. The summed E-state index contributed by atoms with van der Waals surface area (Å²) in [5.41, 5.74) is 0.537. The molecule has 0 aromatic carbocycles. The number of rotatable bonds is 5. The molecule has 8 heteroatoms. The van der Waals surface area contributed by atoms with Gasteiger partial charge in [-0.25, -0.2) is 4.98 Å². The van der Waals surface area contributed by atoms with E-state index in [2.05, 4.69) is 26.2 Å². The van der Waals surface area contributed by atoms with E-state index in [9.17, 15) is 9.59 Å². The molecule has 0 aliphatic rings. The van der Waals surface area contributed by atoms with Crippen molar-refractivity contribution in [2.75, 3.05) is 17.1 Å². The van der Waals surface area contributed by atoms with Crippen LogP contribution in [0.15, 0.2) is 16.7 Å². The molecule has 0 bridgehead atoms. The molecule has 1 aromatic heterocycles. The number of nitrogens with zero attached hydrogens (tertiary/aromatic N) is 1. The maximum atomic E-state index is 11.2. The molecule has 1 N–H and O–H groups in total. The first-order valence-electron chi connectivity index (χ1n) is 4.79. The molecule has 0 spiro atoms. The molecular weight excluding hydrogens is 347 g/mol. The van der Waals surface area contributed by atoms with Crippen LogP contribution >= 0.6 is 39.1 Å². The highest BCUT2D eigenvalue weighted by atomic mass is 79.9. The number of alkyl halides is 2. The first kappa shape index (κ1) is 15.2. The summed E-state index contributed by atoms with van der Waals surface area (Å²) in [7, 11) is 0. The molecule has 0 aliphatic heterocycles. The van der Waals surface area contributed by atoms with Gasteiger partial charge >= 0.3 is 5.97 Å². The summed E-state index contributed by atoms with van der Waals surface area (Å²) in [6, 6.07) is 1.67. The standard InChI is InChI=1S/C10H9BrCl2N2O3/c11-7-1-2-14-10(15-8(16)3-12)6(7)5-18-9(17)4-13/h1-2H,3-5H2,(H,14,15,16). The number of halogens is 3. The summed E-state index contributed by atoms with van der Waals surface area (Å²) >= 11 is 14.0. The second-order valence-corrected chi connectivity index (χ2v) is 4.48. The number of aromatic nitrogens is 1. The lowest BCUT2D eigenvalue weighted by molar-refractivity contribution is -0.141.